The quantitative estimate of drug-likeness (QED) is 0.682. The van der Waals surface area contributed by atoms with Crippen LogP contribution in [0.4, 0.5) is 0 Å². The first kappa shape index (κ1) is 15.2. The summed E-state index contributed by atoms with van der Waals surface area (Å²) in [6.07, 6.45) is 3.84. The predicted molar refractivity (Wildman–Crippen MR) is 69.4 cm³/mol. The van der Waals surface area contributed by atoms with Gasteiger partial charge in [-0.3, -0.25) is 9.59 Å². The number of nitrogens with one attached hydrogen (secondary N) is 1. The number of carboxylic acids is 1. The van der Waals surface area contributed by atoms with E-state index in [0.29, 0.717) is 13.1 Å². The molecule has 0 aliphatic carbocycles. The van der Waals surface area contributed by atoms with Crippen molar-refractivity contribution >= 4 is 17.8 Å². The number of amides is 2. The van der Waals surface area contributed by atoms with Crippen LogP contribution in [-0.2, 0) is 14.4 Å². The Labute approximate surface area is 112 Å². The first-order valence-corrected chi connectivity index (χ1v) is 6.41. The lowest BCUT2D eigenvalue weighted by Gasteiger charge is -2.16. The first-order valence-electron chi connectivity index (χ1n) is 6.41. The Bertz CT molecular complexity index is 392. The molecule has 0 aromatic rings. The van der Waals surface area contributed by atoms with Gasteiger partial charge in [0.2, 0.25) is 11.8 Å². The van der Waals surface area contributed by atoms with Gasteiger partial charge in [-0.2, -0.15) is 0 Å². The van der Waals surface area contributed by atoms with Crippen LogP contribution in [0.5, 0.6) is 0 Å². The number of hydrogen-bond acceptors (Lipinski definition) is 3. The number of likely N-dealkylation sites (tertiary alicyclic amines) is 1. The second kappa shape index (κ2) is 6.92. The Hall–Kier alpha value is -1.85. The smallest absolute Gasteiger partial charge is 0.326 e. The summed E-state index contributed by atoms with van der Waals surface area (Å²) in [5, 5.41) is 11.5. The van der Waals surface area contributed by atoms with Crippen LogP contribution < -0.4 is 5.32 Å². The molecule has 0 spiro atoms. The summed E-state index contributed by atoms with van der Waals surface area (Å²) in [6, 6.07) is -0.936. The van der Waals surface area contributed by atoms with Crippen molar-refractivity contribution in [3.8, 4) is 0 Å². The molecule has 1 rings (SSSR count). The third-order valence-electron chi connectivity index (χ3n) is 3.19. The van der Waals surface area contributed by atoms with Crippen molar-refractivity contribution in [2.75, 3.05) is 13.1 Å². The molecule has 0 aromatic carbocycles. The van der Waals surface area contributed by atoms with Crippen molar-refractivity contribution in [3.05, 3.63) is 12.2 Å². The van der Waals surface area contributed by atoms with Gasteiger partial charge in [0.15, 0.2) is 0 Å². The summed E-state index contributed by atoms with van der Waals surface area (Å²) < 4.78 is 0. The van der Waals surface area contributed by atoms with Gasteiger partial charge in [-0.15, -0.1) is 0 Å². The standard InChI is InChI=1S/C13H20N2O4/c1-3-5-6-10(13(18)19)14-12(17)9-7-11(16)15(4-2)8-9/h3,5,9-10H,4,6-8H2,1-2H3,(H,14,17)(H,18,19)/b5-3+. The molecule has 6 nitrogen and oxygen atoms in total. The minimum atomic E-state index is -1.07. The van der Waals surface area contributed by atoms with Crippen LogP contribution in [0.2, 0.25) is 0 Å². The molecule has 106 valence electrons. The molecule has 0 radical (unpaired) electrons. The van der Waals surface area contributed by atoms with E-state index >= 15 is 0 Å². The molecule has 2 amide bonds. The van der Waals surface area contributed by atoms with E-state index in [4.69, 9.17) is 5.11 Å². The molecule has 1 fully saturated rings. The highest BCUT2D eigenvalue weighted by Crippen LogP contribution is 2.17. The molecule has 2 N–H and O–H groups in total. The van der Waals surface area contributed by atoms with Gasteiger partial charge in [-0.05, 0) is 20.3 Å². The van der Waals surface area contributed by atoms with Gasteiger partial charge >= 0.3 is 5.97 Å². The molecule has 1 heterocycles. The van der Waals surface area contributed by atoms with E-state index in [2.05, 4.69) is 5.32 Å². The molecule has 1 aliphatic rings. The maximum absolute atomic E-state index is 12.0. The Kier molecular flexibility index (Phi) is 5.54. The molecule has 0 bridgehead atoms. The van der Waals surface area contributed by atoms with Gasteiger partial charge < -0.3 is 15.3 Å². The summed E-state index contributed by atoms with van der Waals surface area (Å²) in [7, 11) is 0. The zero-order valence-electron chi connectivity index (χ0n) is 11.3. The molecule has 19 heavy (non-hydrogen) atoms. The van der Waals surface area contributed by atoms with Crippen molar-refractivity contribution in [1.29, 1.82) is 0 Å². The number of carbonyl (C=O) groups excluding carboxylic acids is 2. The summed E-state index contributed by atoms with van der Waals surface area (Å²) in [5.74, 6) is -1.92. The normalized spacial score (nSPS) is 20.8. The Morgan fingerprint density at radius 3 is 2.74 bits per heavy atom. The third-order valence-corrected chi connectivity index (χ3v) is 3.19. The number of rotatable bonds is 6. The third kappa shape index (κ3) is 4.08. The molecule has 6 heteroatoms. The highest BCUT2D eigenvalue weighted by molar-refractivity contribution is 5.91. The first-order chi connectivity index (χ1) is 8.99. The van der Waals surface area contributed by atoms with E-state index in [1.54, 1.807) is 24.0 Å². The lowest BCUT2D eigenvalue weighted by atomic mass is 10.1. The minimum Gasteiger partial charge on any atom is -0.480 e. The van der Waals surface area contributed by atoms with Crippen molar-refractivity contribution in [2.24, 2.45) is 5.92 Å². The van der Waals surface area contributed by atoms with Crippen LogP contribution in [0.3, 0.4) is 0 Å². The zero-order chi connectivity index (χ0) is 14.4. The van der Waals surface area contributed by atoms with E-state index in [-0.39, 0.29) is 24.7 Å². The molecule has 0 aromatic heterocycles. The van der Waals surface area contributed by atoms with Gasteiger partial charge in [0.25, 0.3) is 0 Å². The van der Waals surface area contributed by atoms with Crippen molar-refractivity contribution in [3.63, 3.8) is 0 Å². The average molecular weight is 268 g/mol. The van der Waals surface area contributed by atoms with Crippen LogP contribution in [0, 0.1) is 5.92 Å². The van der Waals surface area contributed by atoms with Crippen molar-refractivity contribution in [1.82, 2.24) is 10.2 Å². The van der Waals surface area contributed by atoms with Crippen LogP contribution in [0.1, 0.15) is 26.7 Å². The fourth-order valence-corrected chi connectivity index (χ4v) is 2.04. The fourth-order valence-electron chi connectivity index (χ4n) is 2.04. The number of nitrogens with zero attached hydrogens (tertiary/aromatic N) is 1. The van der Waals surface area contributed by atoms with Gasteiger partial charge in [0.1, 0.15) is 6.04 Å². The average Bonchev–Trinajstić information content (AvgIpc) is 2.75. The Balaban J connectivity index is 2.58. The second-order valence-corrected chi connectivity index (χ2v) is 4.54. The topological polar surface area (TPSA) is 86.7 Å². The molecule has 2 unspecified atom stereocenters. The minimum absolute atomic E-state index is 0.0528. The van der Waals surface area contributed by atoms with Gasteiger partial charge in [0.05, 0.1) is 5.92 Å². The number of carbonyl (C=O) groups is 3. The van der Waals surface area contributed by atoms with E-state index in [9.17, 15) is 14.4 Å². The molecule has 1 aliphatic heterocycles. The molecule has 0 saturated carbocycles. The summed E-state index contributed by atoms with van der Waals surface area (Å²) in [6.45, 7) is 4.58. The SMILES string of the molecule is C/C=C/CC(NC(=O)C1CC(=O)N(CC)C1)C(=O)O. The largest absolute Gasteiger partial charge is 0.480 e. The Morgan fingerprint density at radius 1 is 1.58 bits per heavy atom. The number of hydrogen-bond donors (Lipinski definition) is 2. The van der Waals surface area contributed by atoms with E-state index in [1.165, 1.54) is 0 Å². The van der Waals surface area contributed by atoms with Crippen LogP contribution in [-0.4, -0.2) is 46.9 Å². The summed E-state index contributed by atoms with van der Waals surface area (Å²) >= 11 is 0. The highest BCUT2D eigenvalue weighted by Gasteiger charge is 2.34. The molecular formula is C13H20N2O4. The van der Waals surface area contributed by atoms with Gasteiger partial charge in [-0.1, -0.05) is 12.2 Å². The second-order valence-electron chi connectivity index (χ2n) is 4.54. The van der Waals surface area contributed by atoms with Crippen LogP contribution in [0.15, 0.2) is 12.2 Å². The lowest BCUT2D eigenvalue weighted by Crippen LogP contribution is -2.44. The van der Waals surface area contributed by atoms with Crippen LogP contribution in [0.25, 0.3) is 0 Å². The zero-order valence-corrected chi connectivity index (χ0v) is 11.3. The van der Waals surface area contributed by atoms with Gasteiger partial charge in [-0.25, -0.2) is 4.79 Å². The van der Waals surface area contributed by atoms with Crippen molar-refractivity contribution in [2.45, 2.75) is 32.7 Å². The van der Waals surface area contributed by atoms with Crippen LogP contribution >= 0.6 is 0 Å². The molecular weight excluding hydrogens is 248 g/mol. The lowest BCUT2D eigenvalue weighted by molar-refractivity contribution is -0.142. The monoisotopic (exact) mass is 268 g/mol. The van der Waals surface area contributed by atoms with E-state index in [0.717, 1.165) is 0 Å². The number of allylic oxidation sites excluding steroid dienone is 1. The van der Waals surface area contributed by atoms with E-state index in [1.807, 2.05) is 6.92 Å². The van der Waals surface area contributed by atoms with E-state index < -0.39 is 17.9 Å². The Morgan fingerprint density at radius 2 is 2.26 bits per heavy atom. The molecule has 1 saturated heterocycles. The predicted octanol–water partition coefficient (Wildman–Crippen LogP) is 0.390. The van der Waals surface area contributed by atoms with Crippen molar-refractivity contribution < 1.29 is 19.5 Å². The highest BCUT2D eigenvalue weighted by atomic mass is 16.4. The van der Waals surface area contributed by atoms with Gasteiger partial charge in [0, 0.05) is 19.5 Å². The summed E-state index contributed by atoms with van der Waals surface area (Å²) in [5.41, 5.74) is 0. The number of aliphatic carboxylic acids is 1. The summed E-state index contributed by atoms with van der Waals surface area (Å²) in [4.78, 5) is 36.1. The number of carboxylic acid groups (broad SMARTS) is 1. The molecule has 2 atom stereocenters. The maximum Gasteiger partial charge on any atom is 0.326 e. The maximum atomic E-state index is 12.0. The fraction of sp³-hybridized carbons (Fsp3) is 0.615.